The Bertz CT molecular complexity index is 1560. The summed E-state index contributed by atoms with van der Waals surface area (Å²) in [5, 5.41) is 6.56. The summed E-state index contributed by atoms with van der Waals surface area (Å²) in [6, 6.07) is 15.8. The molecule has 2 aromatic heterocycles. The van der Waals surface area contributed by atoms with Crippen LogP contribution in [0.3, 0.4) is 0 Å². The number of nitrogens with zero attached hydrogens (tertiary/aromatic N) is 4. The SMILES string of the molecule is CN(C)C/C=C/C(=O)N1CCC[C@@H](n2c(F)c(-c3ccc(Oc4ccccc4)cc3)c3c(N)n[nH]c(=O)c32)C1. The van der Waals surface area contributed by atoms with Crippen molar-refractivity contribution in [3.05, 3.63) is 83.1 Å². The van der Waals surface area contributed by atoms with Gasteiger partial charge in [-0.25, -0.2) is 5.10 Å². The van der Waals surface area contributed by atoms with Crippen LogP contribution in [0.5, 0.6) is 11.5 Å². The third kappa shape index (κ3) is 5.42. The van der Waals surface area contributed by atoms with E-state index in [2.05, 4.69) is 10.2 Å². The Morgan fingerprint density at radius 3 is 2.62 bits per heavy atom. The lowest BCUT2D eigenvalue weighted by Crippen LogP contribution is -2.40. The fourth-order valence-corrected chi connectivity index (χ4v) is 5.01. The number of likely N-dealkylation sites (N-methyl/N-ethyl adjacent to an activating group) is 1. The average Bonchev–Trinajstić information content (AvgIpc) is 3.25. The number of likely N-dealkylation sites (tertiary alicyclic amines) is 1. The highest BCUT2D eigenvalue weighted by molar-refractivity contribution is 6.02. The number of nitrogens with one attached hydrogen (secondary N) is 1. The smallest absolute Gasteiger partial charge is 0.288 e. The van der Waals surface area contributed by atoms with E-state index in [-0.39, 0.29) is 34.7 Å². The van der Waals surface area contributed by atoms with Gasteiger partial charge in [-0.1, -0.05) is 36.4 Å². The molecule has 2 aromatic carbocycles. The first-order valence-electron chi connectivity index (χ1n) is 12.8. The van der Waals surface area contributed by atoms with Crippen molar-refractivity contribution >= 4 is 22.6 Å². The van der Waals surface area contributed by atoms with Gasteiger partial charge in [-0.3, -0.25) is 9.59 Å². The zero-order valence-electron chi connectivity index (χ0n) is 21.9. The van der Waals surface area contributed by atoms with Gasteiger partial charge in [0.25, 0.3) is 5.56 Å². The van der Waals surface area contributed by atoms with Crippen molar-refractivity contribution in [2.24, 2.45) is 0 Å². The van der Waals surface area contributed by atoms with Crippen LogP contribution < -0.4 is 16.0 Å². The molecule has 39 heavy (non-hydrogen) atoms. The van der Waals surface area contributed by atoms with Crippen LogP contribution in [0, 0.1) is 5.95 Å². The third-order valence-electron chi connectivity index (χ3n) is 6.82. The number of aromatic nitrogens is 3. The highest BCUT2D eigenvalue weighted by Crippen LogP contribution is 2.39. The molecule has 10 heteroatoms. The van der Waals surface area contributed by atoms with Crippen LogP contribution in [-0.2, 0) is 4.79 Å². The van der Waals surface area contributed by atoms with Gasteiger partial charge in [0.15, 0.2) is 5.82 Å². The molecule has 0 aliphatic carbocycles. The normalized spacial score (nSPS) is 15.9. The molecule has 1 aliphatic heterocycles. The minimum atomic E-state index is -0.589. The van der Waals surface area contributed by atoms with Gasteiger partial charge in [0.1, 0.15) is 17.0 Å². The monoisotopic (exact) mass is 530 g/mol. The Hall–Kier alpha value is -4.44. The predicted molar refractivity (Wildman–Crippen MR) is 149 cm³/mol. The molecule has 5 rings (SSSR count). The minimum Gasteiger partial charge on any atom is -0.457 e. The first-order valence-corrected chi connectivity index (χ1v) is 12.8. The lowest BCUT2D eigenvalue weighted by atomic mass is 10.0. The van der Waals surface area contributed by atoms with E-state index in [1.54, 1.807) is 41.3 Å². The van der Waals surface area contributed by atoms with E-state index >= 15 is 4.39 Å². The molecular weight excluding hydrogens is 499 g/mol. The Morgan fingerprint density at radius 1 is 1.18 bits per heavy atom. The van der Waals surface area contributed by atoms with Crippen molar-refractivity contribution in [2.75, 3.05) is 39.5 Å². The van der Waals surface area contributed by atoms with Gasteiger partial charge < -0.3 is 24.8 Å². The maximum atomic E-state index is 16.4. The lowest BCUT2D eigenvalue weighted by Gasteiger charge is -2.33. The molecule has 3 heterocycles. The van der Waals surface area contributed by atoms with Crippen molar-refractivity contribution in [3.63, 3.8) is 0 Å². The van der Waals surface area contributed by atoms with Gasteiger partial charge in [-0.05, 0) is 56.8 Å². The summed E-state index contributed by atoms with van der Waals surface area (Å²) in [6.45, 7) is 1.48. The van der Waals surface area contributed by atoms with Gasteiger partial charge in [-0.2, -0.15) is 9.49 Å². The summed E-state index contributed by atoms with van der Waals surface area (Å²) in [6.07, 6.45) is 4.64. The first-order chi connectivity index (χ1) is 18.8. The first kappa shape index (κ1) is 26.2. The number of piperidine rings is 1. The topological polar surface area (TPSA) is 109 Å². The van der Waals surface area contributed by atoms with Gasteiger partial charge in [0, 0.05) is 31.3 Å². The number of hydrogen-bond acceptors (Lipinski definition) is 6. The molecule has 4 aromatic rings. The Morgan fingerprint density at radius 2 is 1.90 bits per heavy atom. The number of hydrogen-bond donors (Lipinski definition) is 2. The van der Waals surface area contributed by atoms with Crippen molar-refractivity contribution in [3.8, 4) is 22.6 Å². The number of ether oxygens (including phenoxy) is 1. The van der Waals surface area contributed by atoms with Crippen LogP contribution in [0.2, 0.25) is 0 Å². The summed E-state index contributed by atoms with van der Waals surface area (Å²) in [4.78, 5) is 29.5. The minimum absolute atomic E-state index is 0.0252. The van der Waals surface area contributed by atoms with Crippen molar-refractivity contribution in [1.29, 1.82) is 0 Å². The van der Waals surface area contributed by atoms with Gasteiger partial charge in [0.05, 0.1) is 11.4 Å². The maximum Gasteiger partial charge on any atom is 0.288 e. The van der Waals surface area contributed by atoms with E-state index in [4.69, 9.17) is 10.5 Å². The molecule has 1 fully saturated rings. The quantitative estimate of drug-likeness (QED) is 0.347. The van der Waals surface area contributed by atoms with Crippen molar-refractivity contribution in [1.82, 2.24) is 24.6 Å². The van der Waals surface area contributed by atoms with Crippen molar-refractivity contribution in [2.45, 2.75) is 18.9 Å². The second-order valence-electron chi connectivity index (χ2n) is 9.88. The number of anilines is 1. The number of nitrogen functional groups attached to an aromatic ring is 1. The Kier molecular flexibility index (Phi) is 7.47. The number of fused-ring (bicyclic) bond motifs is 1. The molecule has 0 saturated carbocycles. The maximum absolute atomic E-state index is 16.4. The van der Waals surface area contributed by atoms with Crippen LogP contribution in [-0.4, -0.2) is 64.2 Å². The van der Waals surface area contributed by atoms with E-state index in [1.165, 1.54) is 4.57 Å². The summed E-state index contributed by atoms with van der Waals surface area (Å²) >= 11 is 0. The number of rotatable bonds is 7. The van der Waals surface area contributed by atoms with Crippen molar-refractivity contribution < 1.29 is 13.9 Å². The molecule has 0 spiro atoms. The number of benzene rings is 2. The fourth-order valence-electron chi connectivity index (χ4n) is 5.01. The van der Waals surface area contributed by atoms with Crippen LogP contribution in [0.1, 0.15) is 18.9 Å². The summed E-state index contributed by atoms with van der Waals surface area (Å²) in [5.74, 6) is 0.567. The average molecular weight is 531 g/mol. The number of carbonyl (C=O) groups is 1. The van der Waals surface area contributed by atoms with E-state index in [0.717, 1.165) is 0 Å². The molecule has 0 radical (unpaired) electrons. The Balaban J connectivity index is 1.51. The molecule has 9 nitrogen and oxygen atoms in total. The highest BCUT2D eigenvalue weighted by atomic mass is 19.1. The number of aromatic amines is 1. The van der Waals surface area contributed by atoms with E-state index in [0.29, 0.717) is 43.0 Å². The number of H-pyrrole nitrogens is 1. The van der Waals surface area contributed by atoms with E-state index in [1.807, 2.05) is 49.3 Å². The molecule has 0 unspecified atom stereocenters. The van der Waals surface area contributed by atoms with Crippen LogP contribution in [0.15, 0.2) is 71.5 Å². The molecule has 3 N–H and O–H groups in total. The van der Waals surface area contributed by atoms with Gasteiger partial charge >= 0.3 is 0 Å². The second kappa shape index (κ2) is 11.1. The largest absolute Gasteiger partial charge is 0.457 e. The highest BCUT2D eigenvalue weighted by Gasteiger charge is 2.31. The number of carbonyl (C=O) groups excluding carboxylic acids is 1. The van der Waals surface area contributed by atoms with Crippen LogP contribution in [0.4, 0.5) is 10.2 Å². The molecular formula is C29H31FN6O3. The molecule has 1 atom stereocenters. The lowest BCUT2D eigenvalue weighted by molar-refractivity contribution is -0.127. The van der Waals surface area contributed by atoms with E-state index in [9.17, 15) is 9.59 Å². The standard InChI is InChI=1S/C29H31FN6O3/c1-34(2)16-7-11-23(37)35-17-6-8-20(18-35)36-26-25(28(31)32-33-29(26)38)24(27(36)30)19-12-14-22(15-13-19)39-21-9-4-3-5-10-21/h3-5,7,9-15,20H,6,8,16-18H2,1-2H3,(H2,31,32)(H,33,38)/b11-7+/t20-/m1/s1. The molecule has 1 amide bonds. The molecule has 1 saturated heterocycles. The van der Waals surface area contributed by atoms with Gasteiger partial charge in [0.2, 0.25) is 11.9 Å². The molecule has 0 bridgehead atoms. The molecule has 1 aliphatic rings. The van der Waals surface area contributed by atoms with Crippen LogP contribution >= 0.6 is 0 Å². The van der Waals surface area contributed by atoms with E-state index < -0.39 is 17.5 Å². The van der Waals surface area contributed by atoms with Crippen LogP contribution in [0.25, 0.3) is 22.0 Å². The Labute approximate surface area is 225 Å². The zero-order valence-corrected chi connectivity index (χ0v) is 21.9. The predicted octanol–water partition coefficient (Wildman–Crippen LogP) is 4.19. The third-order valence-corrected chi connectivity index (χ3v) is 6.82. The summed E-state index contributed by atoms with van der Waals surface area (Å²) in [5.41, 5.74) is 6.50. The number of nitrogens with two attached hydrogens (primary N) is 1. The molecule has 202 valence electrons. The number of halogens is 1. The number of para-hydroxylation sites is 1. The summed E-state index contributed by atoms with van der Waals surface area (Å²) < 4.78 is 23.6. The second-order valence-corrected chi connectivity index (χ2v) is 9.88. The zero-order chi connectivity index (χ0) is 27.5. The fraction of sp³-hybridized carbons (Fsp3) is 0.276. The number of amides is 1. The summed E-state index contributed by atoms with van der Waals surface area (Å²) in [7, 11) is 3.84. The van der Waals surface area contributed by atoms with Gasteiger partial charge in [-0.15, -0.1) is 0 Å².